The molecule has 4 rings (SSSR count). The smallest absolute Gasteiger partial charge is 0.315 e. The van der Waals surface area contributed by atoms with Gasteiger partial charge in [-0.25, -0.2) is 0 Å². The maximum atomic E-state index is 13.6. The molecule has 0 N–H and O–H groups in total. The third kappa shape index (κ3) is 5.50. The van der Waals surface area contributed by atoms with Crippen molar-refractivity contribution in [2.24, 2.45) is 10.9 Å². The number of Topliss-reactive ketones (excluding diaryl/α,β-unsaturated/α-hetero) is 1. The van der Waals surface area contributed by atoms with Gasteiger partial charge < -0.3 is 4.74 Å². The van der Waals surface area contributed by atoms with Crippen LogP contribution in [0.3, 0.4) is 0 Å². The minimum Gasteiger partial charge on any atom is -0.464 e. The van der Waals surface area contributed by atoms with E-state index in [4.69, 9.17) is 21.3 Å². The van der Waals surface area contributed by atoms with E-state index in [2.05, 4.69) is 22.9 Å². The van der Waals surface area contributed by atoms with Crippen LogP contribution >= 0.6 is 39.3 Å². The molecule has 0 bridgehead atoms. The third-order valence-corrected chi connectivity index (χ3v) is 7.98. The summed E-state index contributed by atoms with van der Waals surface area (Å²) in [6.45, 7) is 4.30. The number of rotatable bonds is 7. The molecule has 1 unspecified atom stereocenters. The van der Waals surface area contributed by atoms with Crippen LogP contribution in [0.4, 0.5) is 0 Å². The number of ether oxygens (including phenoxy) is 1. The van der Waals surface area contributed by atoms with Crippen molar-refractivity contribution in [2.45, 2.75) is 38.5 Å². The van der Waals surface area contributed by atoms with Crippen LogP contribution in [0.5, 0.6) is 0 Å². The Labute approximate surface area is 218 Å². The lowest BCUT2D eigenvalue weighted by Crippen LogP contribution is -2.38. The second kappa shape index (κ2) is 11.2. The SMILES string of the molecule is CCSCCOC(=O)C1C(C)=NC2=C(C(=O)C[C@H](c3ccc(Cl)cc3)C2)[C@H]1c1cccc(Br)c1. The number of benzene rings is 2. The van der Waals surface area contributed by atoms with E-state index in [9.17, 15) is 9.59 Å². The Morgan fingerprint density at radius 2 is 1.94 bits per heavy atom. The van der Waals surface area contributed by atoms with Gasteiger partial charge in [-0.05, 0) is 60.4 Å². The Hall–Kier alpha value is -1.89. The van der Waals surface area contributed by atoms with Crippen molar-refractivity contribution in [1.29, 1.82) is 0 Å². The first kappa shape index (κ1) is 25.2. The topological polar surface area (TPSA) is 55.7 Å². The molecule has 0 spiro atoms. The zero-order chi connectivity index (χ0) is 24.2. The summed E-state index contributed by atoms with van der Waals surface area (Å²) >= 11 is 11.3. The third-order valence-electron chi connectivity index (χ3n) is 6.37. The molecule has 1 aliphatic heterocycles. The van der Waals surface area contributed by atoms with Gasteiger partial charge in [-0.1, -0.05) is 58.7 Å². The second-order valence-corrected chi connectivity index (χ2v) is 11.3. The van der Waals surface area contributed by atoms with Gasteiger partial charge in [0.2, 0.25) is 0 Å². The van der Waals surface area contributed by atoms with E-state index in [1.807, 2.05) is 55.5 Å². The number of ketones is 1. The number of thioether (sulfide) groups is 1. The normalized spacial score (nSPS) is 22.3. The van der Waals surface area contributed by atoms with Crippen LogP contribution in [0.2, 0.25) is 5.02 Å². The maximum Gasteiger partial charge on any atom is 0.315 e. The molecule has 4 nitrogen and oxygen atoms in total. The van der Waals surface area contributed by atoms with Crippen molar-refractivity contribution in [2.75, 3.05) is 18.1 Å². The molecule has 0 saturated heterocycles. The number of carbonyl (C=O) groups is 2. The highest BCUT2D eigenvalue weighted by atomic mass is 79.9. The fourth-order valence-corrected chi connectivity index (χ4v) is 5.86. The summed E-state index contributed by atoms with van der Waals surface area (Å²) in [7, 11) is 0. The number of allylic oxidation sites excluding steroid dienone is 2. The van der Waals surface area contributed by atoms with Crippen LogP contribution in [0, 0.1) is 5.92 Å². The molecule has 0 fully saturated rings. The molecular weight excluding hydrogens is 534 g/mol. The van der Waals surface area contributed by atoms with E-state index in [0.29, 0.717) is 35.8 Å². The van der Waals surface area contributed by atoms with Crippen LogP contribution in [0.15, 0.2) is 69.3 Å². The quantitative estimate of drug-likeness (QED) is 0.271. The van der Waals surface area contributed by atoms with Gasteiger partial charge in [-0.2, -0.15) is 11.8 Å². The number of nitrogens with zero attached hydrogens (tertiary/aromatic N) is 1. The van der Waals surface area contributed by atoms with Crippen LogP contribution in [0.25, 0.3) is 0 Å². The van der Waals surface area contributed by atoms with Gasteiger partial charge in [-0.15, -0.1) is 0 Å². The molecule has 1 aliphatic carbocycles. The first-order valence-corrected chi connectivity index (χ1v) is 13.8. The van der Waals surface area contributed by atoms with E-state index >= 15 is 0 Å². The predicted octanol–water partition coefficient (Wildman–Crippen LogP) is 6.97. The lowest BCUT2D eigenvalue weighted by atomic mass is 9.69. The fraction of sp³-hybridized carbons (Fsp3) is 0.370. The minimum absolute atomic E-state index is 0.0396. The van der Waals surface area contributed by atoms with Crippen LogP contribution in [0.1, 0.15) is 49.7 Å². The largest absolute Gasteiger partial charge is 0.464 e. The van der Waals surface area contributed by atoms with E-state index in [1.165, 1.54) is 0 Å². The summed E-state index contributed by atoms with van der Waals surface area (Å²) in [6.07, 6.45) is 1.04. The molecule has 0 aromatic heterocycles. The number of carbonyl (C=O) groups excluding carboxylic acids is 2. The first-order chi connectivity index (χ1) is 16.4. The highest BCUT2D eigenvalue weighted by molar-refractivity contribution is 9.10. The molecule has 0 radical (unpaired) electrons. The van der Waals surface area contributed by atoms with Crippen LogP contribution < -0.4 is 0 Å². The highest BCUT2D eigenvalue weighted by Crippen LogP contribution is 2.47. The summed E-state index contributed by atoms with van der Waals surface area (Å²) in [5.41, 5.74) is 4.12. The van der Waals surface area contributed by atoms with Gasteiger partial charge in [0.15, 0.2) is 5.78 Å². The van der Waals surface area contributed by atoms with Gasteiger partial charge in [0.25, 0.3) is 0 Å². The van der Waals surface area contributed by atoms with Crippen molar-refractivity contribution < 1.29 is 14.3 Å². The predicted molar refractivity (Wildman–Crippen MR) is 143 cm³/mol. The van der Waals surface area contributed by atoms with Gasteiger partial charge in [0, 0.05) is 44.6 Å². The number of aliphatic imine (C=N–C) groups is 1. The first-order valence-electron chi connectivity index (χ1n) is 11.5. The Kier molecular flexibility index (Phi) is 8.33. The summed E-state index contributed by atoms with van der Waals surface area (Å²) in [4.78, 5) is 31.7. The van der Waals surface area contributed by atoms with Crippen molar-refractivity contribution in [3.05, 3.63) is 80.4 Å². The number of esters is 1. The number of hydrogen-bond donors (Lipinski definition) is 0. The zero-order valence-corrected chi connectivity index (χ0v) is 22.4. The summed E-state index contributed by atoms with van der Waals surface area (Å²) in [5, 5.41) is 0.672. The van der Waals surface area contributed by atoms with E-state index in [1.54, 1.807) is 11.8 Å². The molecule has 2 aromatic rings. The minimum atomic E-state index is -0.615. The van der Waals surface area contributed by atoms with Crippen LogP contribution in [-0.2, 0) is 14.3 Å². The monoisotopic (exact) mass is 559 g/mol. The molecule has 1 heterocycles. The summed E-state index contributed by atoms with van der Waals surface area (Å²) < 4.78 is 6.56. The number of halogens is 2. The average molecular weight is 561 g/mol. The molecule has 2 aromatic carbocycles. The lowest BCUT2D eigenvalue weighted by molar-refractivity contribution is -0.145. The lowest BCUT2D eigenvalue weighted by Gasteiger charge is -2.36. The standard InChI is InChI=1S/C27H27BrClNO3S/c1-3-34-12-11-33-27(32)24-16(2)30-22-14-19(17-7-9-21(29)10-8-17)15-23(31)26(22)25(24)18-5-4-6-20(28)13-18/h4-10,13,19,24-25H,3,11-12,14-15H2,1-2H3/t19-,24?,25+/m1/s1. The average Bonchev–Trinajstić information content (AvgIpc) is 2.81. The Morgan fingerprint density at radius 1 is 1.18 bits per heavy atom. The van der Waals surface area contributed by atoms with Crippen molar-refractivity contribution in [3.8, 4) is 0 Å². The van der Waals surface area contributed by atoms with Crippen LogP contribution in [-0.4, -0.2) is 35.6 Å². The van der Waals surface area contributed by atoms with E-state index in [0.717, 1.165) is 32.8 Å². The van der Waals surface area contributed by atoms with Crippen molar-refractivity contribution >= 4 is 56.8 Å². The summed E-state index contributed by atoms with van der Waals surface area (Å²) in [6, 6.07) is 15.5. The Bertz CT molecular complexity index is 1140. The molecule has 2 aliphatic rings. The van der Waals surface area contributed by atoms with Gasteiger partial charge in [0.05, 0.1) is 0 Å². The van der Waals surface area contributed by atoms with Gasteiger partial charge >= 0.3 is 5.97 Å². The molecule has 178 valence electrons. The van der Waals surface area contributed by atoms with Gasteiger partial charge in [-0.3, -0.25) is 14.6 Å². The van der Waals surface area contributed by atoms with Gasteiger partial charge in [0.1, 0.15) is 12.5 Å². The molecule has 0 saturated carbocycles. The zero-order valence-electron chi connectivity index (χ0n) is 19.2. The molecular formula is C27H27BrClNO3S. The molecule has 0 amide bonds. The Morgan fingerprint density at radius 3 is 2.65 bits per heavy atom. The molecule has 34 heavy (non-hydrogen) atoms. The fourth-order valence-electron chi connectivity index (χ4n) is 4.83. The van der Waals surface area contributed by atoms with Crippen molar-refractivity contribution in [1.82, 2.24) is 0 Å². The number of hydrogen-bond acceptors (Lipinski definition) is 5. The highest BCUT2D eigenvalue weighted by Gasteiger charge is 2.44. The van der Waals surface area contributed by atoms with Crippen molar-refractivity contribution in [3.63, 3.8) is 0 Å². The molecule has 7 heteroatoms. The Balaban J connectivity index is 1.71. The molecule has 3 atom stereocenters. The second-order valence-electron chi connectivity index (χ2n) is 8.57. The van der Waals surface area contributed by atoms with E-state index in [-0.39, 0.29) is 17.7 Å². The van der Waals surface area contributed by atoms with E-state index < -0.39 is 11.8 Å². The summed E-state index contributed by atoms with van der Waals surface area (Å²) in [5.74, 6) is 0.469. The maximum absolute atomic E-state index is 13.6.